The molecular formula is C15H8F3NO3. The fourth-order valence-electron chi connectivity index (χ4n) is 1.67. The van der Waals surface area contributed by atoms with Gasteiger partial charge < -0.3 is 9.47 Å². The van der Waals surface area contributed by atoms with E-state index in [0.29, 0.717) is 12.1 Å². The third-order valence-electron chi connectivity index (χ3n) is 2.73. The van der Waals surface area contributed by atoms with Crippen LogP contribution in [-0.2, 0) is 0 Å². The number of hydrogen-bond acceptors (Lipinski definition) is 4. The molecule has 0 heterocycles. The molecule has 0 saturated heterocycles. The van der Waals surface area contributed by atoms with Gasteiger partial charge in [-0.15, -0.1) is 0 Å². The van der Waals surface area contributed by atoms with Gasteiger partial charge in [-0.1, -0.05) is 0 Å². The zero-order valence-electron chi connectivity index (χ0n) is 11.2. The number of halogens is 3. The number of carbonyl (C=O) groups is 1. The third-order valence-corrected chi connectivity index (χ3v) is 2.73. The van der Waals surface area contributed by atoms with Crippen LogP contribution in [0.1, 0.15) is 15.9 Å². The molecule has 0 bridgehead atoms. The van der Waals surface area contributed by atoms with E-state index in [1.807, 2.05) is 0 Å². The largest absolute Gasteiger partial charge is 0.497 e. The van der Waals surface area contributed by atoms with Crippen LogP contribution < -0.4 is 9.47 Å². The molecule has 0 atom stereocenters. The van der Waals surface area contributed by atoms with Crippen molar-refractivity contribution < 1.29 is 27.4 Å². The zero-order chi connectivity index (χ0) is 16.3. The maximum absolute atomic E-state index is 13.7. The summed E-state index contributed by atoms with van der Waals surface area (Å²) in [6, 6.07) is 6.09. The highest BCUT2D eigenvalue weighted by Gasteiger charge is 2.17. The number of esters is 1. The summed E-state index contributed by atoms with van der Waals surface area (Å²) in [4.78, 5) is 11.8. The number of nitriles is 1. The minimum Gasteiger partial charge on any atom is -0.497 e. The summed E-state index contributed by atoms with van der Waals surface area (Å²) in [7, 11) is 1.33. The summed E-state index contributed by atoms with van der Waals surface area (Å²) < 4.78 is 50.0. The average molecular weight is 307 g/mol. The SMILES string of the molecule is COc1ccc(C(=O)Oc2cc(F)c(C#N)c(F)c2)c(F)c1. The molecule has 22 heavy (non-hydrogen) atoms. The molecule has 112 valence electrons. The van der Waals surface area contributed by atoms with Crippen LogP contribution in [-0.4, -0.2) is 13.1 Å². The number of carbonyl (C=O) groups excluding carboxylic acids is 1. The van der Waals surface area contributed by atoms with Crippen LogP contribution in [0.3, 0.4) is 0 Å². The average Bonchev–Trinajstić information content (AvgIpc) is 2.46. The molecule has 0 amide bonds. The van der Waals surface area contributed by atoms with Crippen LogP contribution in [0, 0.1) is 28.8 Å². The normalized spacial score (nSPS) is 9.95. The van der Waals surface area contributed by atoms with Crippen LogP contribution in [0.5, 0.6) is 11.5 Å². The highest BCUT2D eigenvalue weighted by molar-refractivity contribution is 5.91. The van der Waals surface area contributed by atoms with Gasteiger partial charge in [0.05, 0.1) is 12.7 Å². The molecular weight excluding hydrogens is 299 g/mol. The Bertz CT molecular complexity index is 761. The molecule has 0 spiro atoms. The highest BCUT2D eigenvalue weighted by atomic mass is 19.1. The molecule has 0 fully saturated rings. The quantitative estimate of drug-likeness (QED) is 0.645. The fourth-order valence-corrected chi connectivity index (χ4v) is 1.67. The van der Waals surface area contributed by atoms with Crippen molar-refractivity contribution in [1.29, 1.82) is 5.26 Å². The first-order valence-electron chi connectivity index (χ1n) is 5.91. The molecule has 0 aromatic heterocycles. The van der Waals surface area contributed by atoms with Crippen molar-refractivity contribution in [3.05, 3.63) is 58.9 Å². The predicted molar refractivity (Wildman–Crippen MR) is 69.0 cm³/mol. The lowest BCUT2D eigenvalue weighted by Gasteiger charge is -2.07. The van der Waals surface area contributed by atoms with Gasteiger partial charge in [0.1, 0.15) is 40.6 Å². The zero-order valence-corrected chi connectivity index (χ0v) is 11.2. The molecule has 0 aliphatic carbocycles. The summed E-state index contributed by atoms with van der Waals surface area (Å²) in [6.45, 7) is 0. The summed E-state index contributed by atoms with van der Waals surface area (Å²) >= 11 is 0. The van der Waals surface area contributed by atoms with E-state index in [2.05, 4.69) is 0 Å². The van der Waals surface area contributed by atoms with E-state index in [9.17, 15) is 18.0 Å². The van der Waals surface area contributed by atoms with E-state index in [1.165, 1.54) is 19.2 Å². The summed E-state index contributed by atoms with van der Waals surface area (Å²) in [5.41, 5.74) is -1.22. The first kappa shape index (κ1) is 15.4. The molecule has 0 N–H and O–H groups in total. The van der Waals surface area contributed by atoms with Gasteiger partial charge >= 0.3 is 5.97 Å². The molecule has 4 nitrogen and oxygen atoms in total. The number of rotatable bonds is 3. The van der Waals surface area contributed by atoms with Crippen molar-refractivity contribution >= 4 is 5.97 Å². The van der Waals surface area contributed by atoms with E-state index in [4.69, 9.17) is 14.7 Å². The Morgan fingerprint density at radius 1 is 1.05 bits per heavy atom. The van der Waals surface area contributed by atoms with Crippen LogP contribution in [0.25, 0.3) is 0 Å². The van der Waals surface area contributed by atoms with Crippen molar-refractivity contribution in [1.82, 2.24) is 0 Å². The van der Waals surface area contributed by atoms with Crippen LogP contribution in [0.4, 0.5) is 13.2 Å². The van der Waals surface area contributed by atoms with Crippen LogP contribution >= 0.6 is 0 Å². The molecule has 7 heteroatoms. The first-order chi connectivity index (χ1) is 10.5. The topological polar surface area (TPSA) is 59.3 Å². The van der Waals surface area contributed by atoms with Crippen molar-refractivity contribution in [3.63, 3.8) is 0 Å². The molecule has 2 rings (SSSR count). The summed E-state index contributed by atoms with van der Waals surface area (Å²) in [5, 5.41) is 8.54. The molecule has 0 unspecified atom stereocenters. The van der Waals surface area contributed by atoms with E-state index >= 15 is 0 Å². The van der Waals surface area contributed by atoms with Gasteiger partial charge in [0.15, 0.2) is 0 Å². The Balaban J connectivity index is 2.28. The van der Waals surface area contributed by atoms with E-state index in [1.54, 1.807) is 0 Å². The lowest BCUT2D eigenvalue weighted by atomic mass is 10.2. The molecule has 0 aliphatic heterocycles. The second-order valence-electron chi connectivity index (χ2n) is 4.11. The summed E-state index contributed by atoms with van der Waals surface area (Å²) in [5.74, 6) is -4.68. The van der Waals surface area contributed by atoms with Gasteiger partial charge in [0.25, 0.3) is 0 Å². The van der Waals surface area contributed by atoms with Gasteiger partial charge in [-0.3, -0.25) is 0 Å². The Morgan fingerprint density at radius 3 is 2.14 bits per heavy atom. The maximum atomic E-state index is 13.7. The molecule has 0 aliphatic rings. The standard InChI is InChI=1S/C15H8F3NO3/c1-21-8-2-3-10(12(16)4-8)15(20)22-9-5-13(17)11(7-19)14(18)6-9/h2-6H,1H3. The van der Waals surface area contributed by atoms with E-state index in [-0.39, 0.29) is 5.75 Å². The Kier molecular flexibility index (Phi) is 4.32. The molecule has 2 aromatic carbocycles. The smallest absolute Gasteiger partial charge is 0.346 e. The Hall–Kier alpha value is -3.01. The second kappa shape index (κ2) is 6.18. The molecule has 0 radical (unpaired) electrons. The van der Waals surface area contributed by atoms with E-state index in [0.717, 1.165) is 12.1 Å². The number of methoxy groups -OCH3 is 1. The lowest BCUT2D eigenvalue weighted by molar-refractivity contribution is 0.0729. The minimum atomic E-state index is -1.18. The van der Waals surface area contributed by atoms with Crippen molar-refractivity contribution in [2.45, 2.75) is 0 Å². The number of hydrogen-bond donors (Lipinski definition) is 0. The number of benzene rings is 2. The van der Waals surface area contributed by atoms with Gasteiger partial charge in [0.2, 0.25) is 0 Å². The van der Waals surface area contributed by atoms with Gasteiger partial charge in [-0.05, 0) is 12.1 Å². The minimum absolute atomic E-state index is 0.199. The van der Waals surface area contributed by atoms with Gasteiger partial charge in [-0.25, -0.2) is 18.0 Å². The molecule has 2 aromatic rings. The van der Waals surface area contributed by atoms with Crippen molar-refractivity contribution in [3.8, 4) is 17.6 Å². The van der Waals surface area contributed by atoms with Crippen molar-refractivity contribution in [2.24, 2.45) is 0 Å². The maximum Gasteiger partial charge on any atom is 0.346 e. The van der Waals surface area contributed by atoms with Gasteiger partial charge in [-0.2, -0.15) is 5.26 Å². The second-order valence-corrected chi connectivity index (χ2v) is 4.11. The summed E-state index contributed by atoms with van der Waals surface area (Å²) in [6.07, 6.45) is 0. The molecule has 0 saturated carbocycles. The highest BCUT2D eigenvalue weighted by Crippen LogP contribution is 2.22. The predicted octanol–water partition coefficient (Wildman–Crippen LogP) is 3.20. The lowest BCUT2D eigenvalue weighted by Crippen LogP contribution is -2.11. The van der Waals surface area contributed by atoms with Crippen LogP contribution in [0.15, 0.2) is 30.3 Å². The first-order valence-corrected chi connectivity index (χ1v) is 5.91. The number of nitrogens with zero attached hydrogens (tertiary/aromatic N) is 1. The third kappa shape index (κ3) is 3.01. The number of ether oxygens (including phenoxy) is 2. The monoisotopic (exact) mass is 307 g/mol. The van der Waals surface area contributed by atoms with Crippen molar-refractivity contribution in [2.75, 3.05) is 7.11 Å². The van der Waals surface area contributed by atoms with Gasteiger partial charge in [0, 0.05) is 18.2 Å². The fraction of sp³-hybridized carbons (Fsp3) is 0.0667. The Morgan fingerprint density at radius 2 is 1.64 bits per heavy atom. The Labute approximate surface area is 123 Å². The van der Waals surface area contributed by atoms with E-state index < -0.39 is 40.3 Å². The van der Waals surface area contributed by atoms with Crippen LogP contribution in [0.2, 0.25) is 0 Å².